The summed E-state index contributed by atoms with van der Waals surface area (Å²) in [5.74, 6) is -0.690. The fraction of sp³-hybridized carbons (Fsp3) is 0.714. The first-order valence-electron chi connectivity index (χ1n) is 9.73. The maximum absolute atomic E-state index is 6.46. The average molecular weight is 394 g/mol. The Morgan fingerprint density at radius 1 is 0.929 bits per heavy atom. The summed E-state index contributed by atoms with van der Waals surface area (Å²) < 4.78 is 42.5. The van der Waals surface area contributed by atoms with Gasteiger partial charge in [-0.05, 0) is 33.8 Å². The highest BCUT2D eigenvalue weighted by Crippen LogP contribution is 2.46. The highest BCUT2D eigenvalue weighted by atomic mass is 16.8. The molecule has 0 aliphatic carbocycles. The van der Waals surface area contributed by atoms with E-state index >= 15 is 0 Å². The number of hydrogen-bond acceptors (Lipinski definition) is 7. The topological polar surface area (TPSA) is 64.6 Å². The van der Waals surface area contributed by atoms with E-state index in [-0.39, 0.29) is 24.4 Å². The molecule has 0 N–H and O–H groups in total. The molecule has 1 aromatic carbocycles. The molecule has 2 unspecified atom stereocenters. The van der Waals surface area contributed by atoms with Crippen molar-refractivity contribution >= 4 is 0 Å². The van der Waals surface area contributed by atoms with Crippen LogP contribution in [0.25, 0.3) is 0 Å². The molecule has 0 bridgehead atoms. The van der Waals surface area contributed by atoms with Gasteiger partial charge in [-0.3, -0.25) is 0 Å². The summed E-state index contributed by atoms with van der Waals surface area (Å²) in [5, 5.41) is 0. The normalized spacial score (nSPS) is 37.0. The minimum atomic E-state index is -0.739. The molecule has 3 heterocycles. The molecule has 1 aromatic rings. The van der Waals surface area contributed by atoms with Crippen LogP contribution in [-0.2, 0) is 28.4 Å². The highest BCUT2D eigenvalue weighted by molar-refractivity contribution is 5.36. The van der Waals surface area contributed by atoms with Gasteiger partial charge in [0.1, 0.15) is 42.4 Å². The van der Waals surface area contributed by atoms with Gasteiger partial charge in [0.2, 0.25) is 0 Å². The van der Waals surface area contributed by atoms with E-state index < -0.39 is 23.8 Å². The largest absolute Gasteiger partial charge is 0.496 e. The van der Waals surface area contributed by atoms with Crippen molar-refractivity contribution in [1.82, 2.24) is 0 Å². The van der Waals surface area contributed by atoms with E-state index in [0.29, 0.717) is 6.61 Å². The van der Waals surface area contributed by atoms with Gasteiger partial charge in [-0.15, -0.1) is 0 Å². The Morgan fingerprint density at radius 3 is 2.32 bits per heavy atom. The Balaban J connectivity index is 1.69. The van der Waals surface area contributed by atoms with E-state index in [9.17, 15) is 0 Å². The van der Waals surface area contributed by atoms with Crippen LogP contribution in [0.2, 0.25) is 0 Å². The molecule has 7 heteroatoms. The maximum Gasteiger partial charge on any atom is 0.164 e. The number of para-hydroxylation sites is 1. The summed E-state index contributed by atoms with van der Waals surface area (Å²) in [6.07, 6.45) is -1.97. The number of benzene rings is 1. The number of fused-ring (bicyclic) bond motifs is 3. The van der Waals surface area contributed by atoms with Crippen molar-refractivity contribution in [2.24, 2.45) is 0 Å². The lowest BCUT2D eigenvalue weighted by atomic mass is 9.88. The lowest BCUT2D eigenvalue weighted by Gasteiger charge is -2.49. The predicted molar refractivity (Wildman–Crippen MR) is 100 cm³/mol. The molecule has 0 saturated carbocycles. The van der Waals surface area contributed by atoms with Crippen LogP contribution in [0, 0.1) is 0 Å². The minimum Gasteiger partial charge on any atom is -0.496 e. The summed E-state index contributed by atoms with van der Waals surface area (Å²) in [7, 11) is 3.31. The second-order valence-electron chi connectivity index (χ2n) is 8.40. The fourth-order valence-electron chi connectivity index (χ4n) is 4.40. The molecule has 7 nitrogen and oxygen atoms in total. The zero-order valence-electron chi connectivity index (χ0n) is 17.3. The highest BCUT2D eigenvalue weighted by Gasteiger charge is 2.60. The molecule has 3 aliphatic rings. The number of rotatable bonds is 4. The first-order valence-corrected chi connectivity index (χ1v) is 9.73. The first kappa shape index (κ1) is 20.1. The second-order valence-corrected chi connectivity index (χ2v) is 8.40. The van der Waals surface area contributed by atoms with Crippen molar-refractivity contribution in [3.05, 3.63) is 29.8 Å². The third-order valence-electron chi connectivity index (χ3n) is 5.52. The number of hydrogen-bond donors (Lipinski definition) is 0. The molecule has 3 fully saturated rings. The third kappa shape index (κ3) is 3.56. The Kier molecular flexibility index (Phi) is 5.18. The van der Waals surface area contributed by atoms with Crippen LogP contribution < -0.4 is 4.74 Å². The number of methoxy groups -OCH3 is 2. The van der Waals surface area contributed by atoms with E-state index in [4.69, 9.17) is 33.2 Å². The smallest absolute Gasteiger partial charge is 0.164 e. The van der Waals surface area contributed by atoms with Crippen LogP contribution in [0.5, 0.6) is 5.75 Å². The monoisotopic (exact) mass is 394 g/mol. The lowest BCUT2D eigenvalue weighted by Crippen LogP contribution is -2.64. The van der Waals surface area contributed by atoms with Gasteiger partial charge in [0.05, 0.1) is 13.7 Å². The summed E-state index contributed by atoms with van der Waals surface area (Å²) in [4.78, 5) is 0. The third-order valence-corrected chi connectivity index (χ3v) is 5.52. The zero-order valence-corrected chi connectivity index (χ0v) is 17.3. The fourth-order valence-corrected chi connectivity index (χ4v) is 4.40. The van der Waals surface area contributed by atoms with Gasteiger partial charge in [-0.25, -0.2) is 0 Å². The van der Waals surface area contributed by atoms with E-state index in [1.165, 1.54) is 0 Å². The summed E-state index contributed by atoms with van der Waals surface area (Å²) in [5.41, 5.74) is 0.904. The maximum atomic E-state index is 6.46. The van der Waals surface area contributed by atoms with Gasteiger partial charge in [0.15, 0.2) is 11.6 Å². The van der Waals surface area contributed by atoms with Crippen molar-refractivity contribution in [3.63, 3.8) is 0 Å². The molecule has 0 radical (unpaired) electrons. The molecular formula is C21H30O7. The van der Waals surface area contributed by atoms with Gasteiger partial charge in [-0.2, -0.15) is 0 Å². The number of ether oxygens (including phenoxy) is 7. The molecule has 4 rings (SSSR count). The first-order chi connectivity index (χ1) is 13.2. The average Bonchev–Trinajstić information content (AvgIpc) is 2.98. The van der Waals surface area contributed by atoms with Gasteiger partial charge in [0.25, 0.3) is 0 Å². The summed E-state index contributed by atoms with van der Waals surface area (Å²) >= 11 is 0. The Labute approximate surface area is 166 Å². The van der Waals surface area contributed by atoms with Crippen LogP contribution in [0.4, 0.5) is 0 Å². The zero-order chi connectivity index (χ0) is 20.1. The second kappa shape index (κ2) is 7.23. The Morgan fingerprint density at radius 2 is 1.61 bits per heavy atom. The van der Waals surface area contributed by atoms with E-state index in [0.717, 1.165) is 11.3 Å². The van der Waals surface area contributed by atoms with E-state index in [2.05, 4.69) is 0 Å². The van der Waals surface area contributed by atoms with Crippen LogP contribution in [0.1, 0.15) is 39.4 Å². The van der Waals surface area contributed by atoms with Crippen LogP contribution in [0.3, 0.4) is 0 Å². The van der Waals surface area contributed by atoms with Crippen molar-refractivity contribution in [3.8, 4) is 5.75 Å². The molecule has 0 aromatic heterocycles. The van der Waals surface area contributed by atoms with Gasteiger partial charge < -0.3 is 33.2 Å². The Hall–Kier alpha value is -1.22. The molecule has 3 saturated heterocycles. The quantitative estimate of drug-likeness (QED) is 0.778. The van der Waals surface area contributed by atoms with Gasteiger partial charge in [0, 0.05) is 12.7 Å². The summed E-state index contributed by atoms with van der Waals surface area (Å²) in [6.45, 7) is 8.04. The van der Waals surface area contributed by atoms with Gasteiger partial charge in [-0.1, -0.05) is 18.2 Å². The van der Waals surface area contributed by atoms with Crippen LogP contribution in [0.15, 0.2) is 24.3 Å². The van der Waals surface area contributed by atoms with Crippen LogP contribution in [-0.4, -0.2) is 62.9 Å². The molecule has 28 heavy (non-hydrogen) atoms. The van der Waals surface area contributed by atoms with Crippen molar-refractivity contribution in [2.75, 3.05) is 20.8 Å². The summed E-state index contributed by atoms with van der Waals surface area (Å²) in [6, 6.07) is 7.78. The Bertz CT molecular complexity index is 704. The standard InChI is InChI=1S/C21H30O7/c1-20(2)24-11-14-16(26-20)18-19(28-21(3,4)27-18)17(25-14)15(23-6)12-9-7-8-10-13(12)22-5/h7-10,14-19H,11H2,1-6H3/t14-,15?,16-,17?,18+,19-/m1/s1. The van der Waals surface area contributed by atoms with E-state index in [1.807, 2.05) is 52.0 Å². The minimum absolute atomic E-state index is 0.274. The van der Waals surface area contributed by atoms with Crippen molar-refractivity contribution in [2.45, 2.75) is 75.9 Å². The lowest BCUT2D eigenvalue weighted by molar-refractivity contribution is -0.353. The molecule has 6 atom stereocenters. The molecule has 0 spiro atoms. The SMILES string of the molecule is COc1ccccc1C(OC)C1O[C@@H]2COC(C)(C)O[C@H]2[C@@H]2OC(C)(C)O[C@H]12. The molecule has 156 valence electrons. The van der Waals surface area contributed by atoms with E-state index in [1.54, 1.807) is 14.2 Å². The van der Waals surface area contributed by atoms with Crippen molar-refractivity contribution in [1.29, 1.82) is 0 Å². The van der Waals surface area contributed by atoms with Crippen LogP contribution >= 0.6 is 0 Å². The molecule has 3 aliphatic heterocycles. The predicted octanol–water partition coefficient (Wildman–Crippen LogP) is 2.82. The van der Waals surface area contributed by atoms with Gasteiger partial charge >= 0.3 is 0 Å². The van der Waals surface area contributed by atoms with Crippen molar-refractivity contribution < 1.29 is 33.2 Å². The molecule has 0 amide bonds. The molecular weight excluding hydrogens is 364 g/mol.